The fourth-order valence-corrected chi connectivity index (χ4v) is 2.54. The molecule has 1 aliphatic heterocycles. The van der Waals surface area contributed by atoms with Crippen molar-refractivity contribution in [3.8, 4) is 0 Å². The molecule has 1 amide bonds. The zero-order chi connectivity index (χ0) is 17.6. The number of carbonyl (C=O) groups excluding carboxylic acids is 1. The van der Waals surface area contributed by atoms with Crippen molar-refractivity contribution in [3.63, 3.8) is 0 Å². The highest BCUT2D eigenvalue weighted by Crippen LogP contribution is 2.25. The Morgan fingerprint density at radius 1 is 1.33 bits per heavy atom. The molecule has 0 atom stereocenters. The first-order valence-corrected chi connectivity index (χ1v) is 8.34. The number of amides is 1. The molecule has 0 aliphatic carbocycles. The van der Waals surface area contributed by atoms with Crippen LogP contribution in [0.5, 0.6) is 0 Å². The smallest absolute Gasteiger partial charge is 0.244 e. The van der Waals surface area contributed by atoms with Gasteiger partial charge in [0.15, 0.2) is 5.76 Å². The summed E-state index contributed by atoms with van der Waals surface area (Å²) in [6.07, 6.45) is 4.67. The number of furan rings is 1. The van der Waals surface area contributed by atoms with E-state index in [1.165, 1.54) is 6.08 Å². The molecule has 1 aromatic heterocycles. The van der Waals surface area contributed by atoms with Gasteiger partial charge in [-0.1, -0.05) is 0 Å². The van der Waals surface area contributed by atoms with Crippen molar-refractivity contribution >= 4 is 12.0 Å². The fraction of sp³-hybridized carbons (Fsp3) is 0.611. The summed E-state index contributed by atoms with van der Waals surface area (Å²) in [5, 5.41) is 3.03. The largest absolute Gasteiger partial charge is 0.456 e. The summed E-state index contributed by atoms with van der Waals surface area (Å²) < 4.78 is 16.4. The van der Waals surface area contributed by atoms with Crippen LogP contribution in [0.2, 0.25) is 0 Å². The van der Waals surface area contributed by atoms with Crippen LogP contribution in [0.25, 0.3) is 6.08 Å². The number of nitrogens with zero attached hydrogens (tertiary/aromatic N) is 1. The van der Waals surface area contributed by atoms with Crippen LogP contribution in [-0.4, -0.2) is 50.2 Å². The van der Waals surface area contributed by atoms with Gasteiger partial charge in [-0.15, -0.1) is 0 Å². The molecule has 1 aliphatic rings. The Hall–Kier alpha value is -1.63. The van der Waals surface area contributed by atoms with Crippen LogP contribution in [0.1, 0.15) is 44.5 Å². The molecular weight excluding hydrogens is 308 g/mol. The minimum absolute atomic E-state index is 0.129. The van der Waals surface area contributed by atoms with Crippen LogP contribution in [0.3, 0.4) is 0 Å². The Labute approximate surface area is 143 Å². The van der Waals surface area contributed by atoms with Crippen molar-refractivity contribution in [1.82, 2.24) is 10.2 Å². The molecule has 134 valence electrons. The number of hydrogen-bond donors (Lipinski definition) is 1. The Balaban J connectivity index is 1.81. The topological polar surface area (TPSA) is 63.9 Å². The molecule has 0 spiro atoms. The minimum atomic E-state index is -0.434. The molecule has 1 fully saturated rings. The molecule has 0 aromatic carbocycles. The van der Waals surface area contributed by atoms with E-state index in [2.05, 4.69) is 10.2 Å². The summed E-state index contributed by atoms with van der Waals surface area (Å²) in [7, 11) is 4.10. The van der Waals surface area contributed by atoms with E-state index in [0.717, 1.165) is 19.4 Å². The molecule has 0 radical (unpaired) electrons. The van der Waals surface area contributed by atoms with Crippen molar-refractivity contribution in [1.29, 1.82) is 0 Å². The Bertz CT molecular complexity index is 557. The van der Waals surface area contributed by atoms with E-state index in [9.17, 15) is 4.79 Å². The lowest BCUT2D eigenvalue weighted by atomic mass is 9.98. The highest BCUT2D eigenvalue weighted by atomic mass is 16.7. The monoisotopic (exact) mass is 336 g/mol. The Kier molecular flexibility index (Phi) is 6.60. The lowest BCUT2D eigenvalue weighted by molar-refractivity contribution is -0.118. The zero-order valence-electron chi connectivity index (χ0n) is 15.0. The number of rotatable bonds is 8. The number of nitrogens with one attached hydrogen (secondary N) is 1. The zero-order valence-corrected chi connectivity index (χ0v) is 15.0. The van der Waals surface area contributed by atoms with Gasteiger partial charge in [0.1, 0.15) is 5.76 Å². The number of ether oxygens (including phenoxy) is 2. The van der Waals surface area contributed by atoms with Crippen LogP contribution in [0, 0.1) is 0 Å². The molecule has 2 heterocycles. The van der Waals surface area contributed by atoms with E-state index in [-0.39, 0.29) is 11.4 Å². The summed E-state index contributed by atoms with van der Waals surface area (Å²) in [6.45, 7) is 6.22. The maximum absolute atomic E-state index is 12.1. The van der Waals surface area contributed by atoms with Crippen molar-refractivity contribution in [2.24, 2.45) is 0 Å². The molecule has 2 rings (SSSR count). The minimum Gasteiger partial charge on any atom is -0.456 e. The van der Waals surface area contributed by atoms with E-state index in [1.54, 1.807) is 18.2 Å². The van der Waals surface area contributed by atoms with Crippen molar-refractivity contribution in [2.45, 2.75) is 38.5 Å². The van der Waals surface area contributed by atoms with E-state index in [4.69, 9.17) is 13.9 Å². The van der Waals surface area contributed by atoms with E-state index in [0.29, 0.717) is 24.7 Å². The van der Waals surface area contributed by atoms with Crippen LogP contribution in [-0.2, 0) is 14.3 Å². The first kappa shape index (κ1) is 18.7. The molecule has 0 saturated carbocycles. The molecule has 6 heteroatoms. The Morgan fingerprint density at radius 2 is 2.04 bits per heavy atom. The van der Waals surface area contributed by atoms with Gasteiger partial charge in [0.25, 0.3) is 0 Å². The summed E-state index contributed by atoms with van der Waals surface area (Å²) in [4.78, 5) is 14.2. The summed E-state index contributed by atoms with van der Waals surface area (Å²) in [5.41, 5.74) is -0.239. The first-order valence-electron chi connectivity index (χ1n) is 8.34. The predicted octanol–water partition coefficient (Wildman–Crippen LogP) is 2.57. The lowest BCUT2D eigenvalue weighted by Gasteiger charge is -2.26. The quantitative estimate of drug-likeness (QED) is 0.739. The summed E-state index contributed by atoms with van der Waals surface area (Å²) in [6, 6.07) is 3.60. The summed E-state index contributed by atoms with van der Waals surface area (Å²) in [5.74, 6) is 1.09. The normalized spacial score (nSPS) is 16.4. The van der Waals surface area contributed by atoms with Crippen molar-refractivity contribution < 1.29 is 18.7 Å². The van der Waals surface area contributed by atoms with Gasteiger partial charge in [-0.2, -0.15) is 0 Å². The molecule has 0 bridgehead atoms. The molecule has 1 N–H and O–H groups in total. The molecule has 0 unspecified atom stereocenters. The third-order valence-electron chi connectivity index (χ3n) is 3.77. The van der Waals surface area contributed by atoms with Crippen molar-refractivity contribution in [3.05, 3.63) is 29.7 Å². The maximum atomic E-state index is 12.1. The van der Waals surface area contributed by atoms with Gasteiger partial charge in [-0.3, -0.25) is 4.79 Å². The fourth-order valence-electron chi connectivity index (χ4n) is 2.54. The van der Waals surface area contributed by atoms with Crippen LogP contribution < -0.4 is 5.32 Å². The van der Waals surface area contributed by atoms with Gasteiger partial charge in [-0.25, -0.2) is 0 Å². The average Bonchev–Trinajstić information content (AvgIpc) is 3.15. The third-order valence-corrected chi connectivity index (χ3v) is 3.77. The third kappa shape index (κ3) is 6.11. The van der Waals surface area contributed by atoms with Crippen LogP contribution in [0.4, 0.5) is 0 Å². The molecule has 1 saturated heterocycles. The van der Waals surface area contributed by atoms with Crippen LogP contribution in [0.15, 0.2) is 22.6 Å². The van der Waals surface area contributed by atoms with Gasteiger partial charge >= 0.3 is 0 Å². The number of carbonyl (C=O) groups is 1. The maximum Gasteiger partial charge on any atom is 0.244 e. The van der Waals surface area contributed by atoms with Gasteiger partial charge in [-0.05, 0) is 65.5 Å². The second-order valence-electron chi connectivity index (χ2n) is 6.93. The van der Waals surface area contributed by atoms with E-state index in [1.807, 2.05) is 27.9 Å². The second-order valence-corrected chi connectivity index (χ2v) is 6.93. The van der Waals surface area contributed by atoms with Gasteiger partial charge < -0.3 is 24.1 Å². The van der Waals surface area contributed by atoms with E-state index >= 15 is 0 Å². The van der Waals surface area contributed by atoms with Gasteiger partial charge in [0.05, 0.1) is 13.2 Å². The SMILES string of the molecule is CN(C)CCCC(C)(C)NC(=O)/C=C/c1ccc(C2OCCO2)o1. The van der Waals surface area contributed by atoms with E-state index < -0.39 is 6.29 Å². The molecule has 24 heavy (non-hydrogen) atoms. The molecule has 6 nitrogen and oxygen atoms in total. The average molecular weight is 336 g/mol. The molecule has 1 aromatic rings. The van der Waals surface area contributed by atoms with Crippen LogP contribution >= 0.6 is 0 Å². The second kappa shape index (κ2) is 8.46. The number of hydrogen-bond acceptors (Lipinski definition) is 5. The predicted molar refractivity (Wildman–Crippen MR) is 92.4 cm³/mol. The highest BCUT2D eigenvalue weighted by molar-refractivity contribution is 5.91. The van der Waals surface area contributed by atoms with Gasteiger partial charge in [0.2, 0.25) is 12.2 Å². The lowest BCUT2D eigenvalue weighted by Crippen LogP contribution is -2.42. The molecular formula is C18H28N2O4. The first-order chi connectivity index (χ1) is 11.4. The summed E-state index contributed by atoms with van der Waals surface area (Å²) >= 11 is 0. The standard InChI is InChI=1S/C18H28N2O4/c1-18(2,10-5-11-20(3)4)19-16(21)9-7-14-6-8-15(24-14)17-22-12-13-23-17/h6-9,17H,5,10-13H2,1-4H3,(H,19,21)/b9-7+. The highest BCUT2D eigenvalue weighted by Gasteiger charge is 2.22. The Morgan fingerprint density at radius 3 is 2.71 bits per heavy atom. The van der Waals surface area contributed by atoms with Gasteiger partial charge in [0, 0.05) is 11.6 Å². The van der Waals surface area contributed by atoms with Crippen molar-refractivity contribution in [2.75, 3.05) is 33.9 Å².